The molecule has 0 radical (unpaired) electrons. The molecule has 0 saturated carbocycles. The molecule has 2 unspecified atom stereocenters. The summed E-state index contributed by atoms with van der Waals surface area (Å²) >= 11 is 0. The summed E-state index contributed by atoms with van der Waals surface area (Å²) < 4.78 is 12.9. The van der Waals surface area contributed by atoms with Crippen molar-refractivity contribution >= 4 is 0 Å². The van der Waals surface area contributed by atoms with Gasteiger partial charge in [0.15, 0.2) is 0 Å². The van der Waals surface area contributed by atoms with Crippen LogP contribution in [-0.2, 0) is 0 Å². The zero-order valence-corrected chi connectivity index (χ0v) is 11.1. The van der Waals surface area contributed by atoms with Gasteiger partial charge < -0.3 is 10.8 Å². The highest BCUT2D eigenvalue weighted by atomic mass is 19.1. The van der Waals surface area contributed by atoms with E-state index < -0.39 is 18.1 Å². The highest BCUT2D eigenvalue weighted by molar-refractivity contribution is 5.24. The SMILES string of the molecule is CC.NC(c1ccnc(F)c1)C(O)c1ccccc1. The van der Waals surface area contributed by atoms with E-state index in [1.807, 2.05) is 32.0 Å². The summed E-state index contributed by atoms with van der Waals surface area (Å²) in [6.45, 7) is 4.00. The standard InChI is InChI=1S/C13H13FN2O.C2H6/c14-11-8-10(6-7-16-11)12(15)13(17)9-4-2-1-3-5-9;1-2/h1-8,12-13,17H,15H2;1-2H3. The molecule has 0 amide bonds. The van der Waals surface area contributed by atoms with E-state index in [2.05, 4.69) is 4.98 Å². The number of hydrogen-bond acceptors (Lipinski definition) is 3. The lowest BCUT2D eigenvalue weighted by atomic mass is 9.97. The van der Waals surface area contributed by atoms with Crippen molar-refractivity contribution < 1.29 is 9.50 Å². The largest absolute Gasteiger partial charge is 0.386 e. The molecule has 0 aliphatic heterocycles. The zero-order valence-electron chi connectivity index (χ0n) is 11.1. The Bertz CT molecular complexity index is 491. The molecule has 3 N–H and O–H groups in total. The quantitative estimate of drug-likeness (QED) is 0.836. The molecule has 0 aliphatic carbocycles. The van der Waals surface area contributed by atoms with Crippen LogP contribution in [0.5, 0.6) is 0 Å². The van der Waals surface area contributed by atoms with E-state index in [1.165, 1.54) is 12.3 Å². The zero-order chi connectivity index (χ0) is 14.3. The molecule has 4 heteroatoms. The van der Waals surface area contributed by atoms with Crippen LogP contribution < -0.4 is 5.73 Å². The summed E-state index contributed by atoms with van der Waals surface area (Å²) in [4.78, 5) is 3.45. The third-order valence-electron chi connectivity index (χ3n) is 2.62. The first-order valence-electron chi connectivity index (χ1n) is 6.28. The molecule has 1 aromatic carbocycles. The maximum atomic E-state index is 12.9. The molecule has 2 aromatic rings. The normalized spacial score (nSPS) is 13.1. The molecule has 2 atom stereocenters. The van der Waals surface area contributed by atoms with Crippen molar-refractivity contribution in [2.24, 2.45) is 5.73 Å². The van der Waals surface area contributed by atoms with Crippen LogP contribution in [0.15, 0.2) is 48.7 Å². The molecule has 0 spiro atoms. The van der Waals surface area contributed by atoms with Gasteiger partial charge >= 0.3 is 0 Å². The number of aliphatic hydroxyl groups excluding tert-OH is 1. The van der Waals surface area contributed by atoms with Gasteiger partial charge in [-0.05, 0) is 23.3 Å². The van der Waals surface area contributed by atoms with Gasteiger partial charge in [0, 0.05) is 6.20 Å². The Morgan fingerprint density at radius 1 is 1.11 bits per heavy atom. The van der Waals surface area contributed by atoms with Crippen molar-refractivity contribution in [2.45, 2.75) is 26.0 Å². The second kappa shape index (κ2) is 7.61. The summed E-state index contributed by atoms with van der Waals surface area (Å²) in [6, 6.07) is 11.2. The summed E-state index contributed by atoms with van der Waals surface area (Å²) in [5.74, 6) is -0.599. The maximum Gasteiger partial charge on any atom is 0.213 e. The molecule has 0 fully saturated rings. The second-order valence-electron chi connectivity index (χ2n) is 3.79. The Morgan fingerprint density at radius 2 is 1.74 bits per heavy atom. The van der Waals surface area contributed by atoms with Crippen LogP contribution in [0.1, 0.15) is 37.1 Å². The van der Waals surface area contributed by atoms with Crippen LogP contribution >= 0.6 is 0 Å². The molecular formula is C15H19FN2O. The lowest BCUT2D eigenvalue weighted by Gasteiger charge is -2.19. The molecule has 0 aliphatic rings. The molecule has 1 heterocycles. The number of aliphatic hydroxyl groups is 1. The van der Waals surface area contributed by atoms with Crippen molar-refractivity contribution in [3.8, 4) is 0 Å². The van der Waals surface area contributed by atoms with Crippen molar-refractivity contribution in [2.75, 3.05) is 0 Å². The number of benzene rings is 1. The Kier molecular flexibility index (Phi) is 6.12. The fourth-order valence-electron chi connectivity index (χ4n) is 1.66. The minimum absolute atomic E-state index is 0.522. The maximum absolute atomic E-state index is 12.9. The second-order valence-corrected chi connectivity index (χ2v) is 3.79. The third kappa shape index (κ3) is 4.12. The summed E-state index contributed by atoms with van der Waals surface area (Å²) in [6.07, 6.45) is 0.473. The number of pyridine rings is 1. The van der Waals surface area contributed by atoms with Crippen LogP contribution in [0, 0.1) is 5.95 Å². The van der Waals surface area contributed by atoms with Gasteiger partial charge in [-0.1, -0.05) is 44.2 Å². The van der Waals surface area contributed by atoms with E-state index in [-0.39, 0.29) is 0 Å². The van der Waals surface area contributed by atoms with Crippen LogP contribution in [0.4, 0.5) is 4.39 Å². The molecule has 3 nitrogen and oxygen atoms in total. The van der Waals surface area contributed by atoms with Crippen LogP contribution in [-0.4, -0.2) is 10.1 Å². The van der Waals surface area contributed by atoms with Crippen molar-refractivity contribution in [3.63, 3.8) is 0 Å². The molecule has 0 bridgehead atoms. The van der Waals surface area contributed by atoms with E-state index in [4.69, 9.17) is 5.73 Å². The Morgan fingerprint density at radius 3 is 2.32 bits per heavy atom. The predicted molar refractivity (Wildman–Crippen MR) is 73.9 cm³/mol. The molecular weight excluding hydrogens is 243 g/mol. The van der Waals surface area contributed by atoms with Gasteiger partial charge in [-0.3, -0.25) is 0 Å². The third-order valence-corrected chi connectivity index (χ3v) is 2.62. The number of aromatic nitrogens is 1. The lowest BCUT2D eigenvalue weighted by Crippen LogP contribution is -2.19. The Balaban J connectivity index is 0.000000861. The van der Waals surface area contributed by atoms with Gasteiger partial charge in [-0.25, -0.2) is 4.98 Å². The van der Waals surface area contributed by atoms with Gasteiger partial charge in [-0.2, -0.15) is 4.39 Å². The number of hydrogen-bond donors (Lipinski definition) is 2. The van der Waals surface area contributed by atoms with E-state index in [9.17, 15) is 9.50 Å². The van der Waals surface area contributed by atoms with Crippen molar-refractivity contribution in [3.05, 3.63) is 65.7 Å². The van der Waals surface area contributed by atoms with E-state index in [0.29, 0.717) is 11.1 Å². The monoisotopic (exact) mass is 262 g/mol. The molecule has 2 rings (SSSR count). The number of halogens is 1. The lowest BCUT2D eigenvalue weighted by molar-refractivity contribution is 0.147. The minimum Gasteiger partial charge on any atom is -0.386 e. The van der Waals surface area contributed by atoms with Gasteiger partial charge in [-0.15, -0.1) is 0 Å². The van der Waals surface area contributed by atoms with Gasteiger partial charge in [0.05, 0.1) is 12.1 Å². The van der Waals surface area contributed by atoms with E-state index in [1.54, 1.807) is 18.2 Å². The number of nitrogens with two attached hydrogens (primary N) is 1. The molecule has 0 saturated heterocycles. The first-order valence-corrected chi connectivity index (χ1v) is 6.28. The topological polar surface area (TPSA) is 59.1 Å². The summed E-state index contributed by atoms with van der Waals surface area (Å²) in [5, 5.41) is 10.1. The fourth-order valence-corrected chi connectivity index (χ4v) is 1.66. The summed E-state index contributed by atoms with van der Waals surface area (Å²) in [5.41, 5.74) is 7.12. The van der Waals surface area contributed by atoms with Crippen LogP contribution in [0.3, 0.4) is 0 Å². The highest BCUT2D eigenvalue weighted by Gasteiger charge is 2.18. The van der Waals surface area contributed by atoms with Crippen LogP contribution in [0.25, 0.3) is 0 Å². The molecule has 102 valence electrons. The smallest absolute Gasteiger partial charge is 0.213 e. The fraction of sp³-hybridized carbons (Fsp3) is 0.267. The highest BCUT2D eigenvalue weighted by Crippen LogP contribution is 2.26. The van der Waals surface area contributed by atoms with Crippen molar-refractivity contribution in [1.82, 2.24) is 4.98 Å². The van der Waals surface area contributed by atoms with Gasteiger partial charge in [0.25, 0.3) is 0 Å². The van der Waals surface area contributed by atoms with Crippen molar-refractivity contribution in [1.29, 1.82) is 0 Å². The average molecular weight is 262 g/mol. The minimum atomic E-state index is -0.863. The van der Waals surface area contributed by atoms with E-state index >= 15 is 0 Å². The summed E-state index contributed by atoms with van der Waals surface area (Å²) in [7, 11) is 0. The van der Waals surface area contributed by atoms with Gasteiger partial charge in [0.2, 0.25) is 5.95 Å². The van der Waals surface area contributed by atoms with E-state index in [0.717, 1.165) is 0 Å². The average Bonchev–Trinajstić information content (AvgIpc) is 2.48. The van der Waals surface area contributed by atoms with Crippen LogP contribution in [0.2, 0.25) is 0 Å². The Hall–Kier alpha value is -1.78. The number of rotatable bonds is 3. The molecule has 1 aromatic heterocycles. The first kappa shape index (κ1) is 15.3. The Labute approximate surface area is 112 Å². The molecule has 19 heavy (non-hydrogen) atoms. The number of nitrogens with zero attached hydrogens (tertiary/aromatic N) is 1. The van der Waals surface area contributed by atoms with Gasteiger partial charge in [0.1, 0.15) is 0 Å². The predicted octanol–water partition coefficient (Wildman–Crippen LogP) is 2.98. The first-order chi connectivity index (χ1) is 9.18.